The summed E-state index contributed by atoms with van der Waals surface area (Å²) in [4.78, 5) is 17.3. The van der Waals surface area contributed by atoms with Crippen molar-refractivity contribution in [1.82, 2.24) is 14.9 Å². The van der Waals surface area contributed by atoms with Crippen LogP contribution in [-0.4, -0.2) is 34.6 Å². The number of hydrogen-bond donors (Lipinski definition) is 4. The highest BCUT2D eigenvalue weighted by molar-refractivity contribution is 6.33. The van der Waals surface area contributed by atoms with E-state index in [1.54, 1.807) is 49.1 Å². The Kier molecular flexibility index (Phi) is 5.65. The lowest BCUT2D eigenvalue weighted by Gasteiger charge is -2.16. The molecular weight excluding hydrogens is 366 g/mol. The smallest absolute Gasteiger partial charge is 0.258 e. The monoisotopic (exact) mass is 387 g/mol. The number of benzene rings is 1. The van der Waals surface area contributed by atoms with Crippen LogP contribution in [-0.2, 0) is 7.05 Å². The van der Waals surface area contributed by atoms with Crippen molar-refractivity contribution in [3.8, 4) is 11.1 Å². The Labute approximate surface area is 162 Å². The summed E-state index contributed by atoms with van der Waals surface area (Å²) in [5.74, 6) is 0.687. The zero-order chi connectivity index (χ0) is 19.6. The topological polar surface area (TPSA) is 91.2 Å². The number of pyridine rings is 2. The van der Waals surface area contributed by atoms with E-state index < -0.39 is 6.35 Å². The van der Waals surface area contributed by atoms with Gasteiger partial charge in [-0.25, -0.2) is 4.98 Å². The number of anilines is 2. The molecule has 0 spiro atoms. The van der Waals surface area contributed by atoms with Gasteiger partial charge in [-0.3, -0.25) is 10.1 Å². The predicted octanol–water partition coefficient (Wildman–Crippen LogP) is 2.59. The summed E-state index contributed by atoms with van der Waals surface area (Å²) in [7, 11) is 3.50. The van der Waals surface area contributed by atoms with Crippen LogP contribution in [0.1, 0.15) is 6.92 Å². The van der Waals surface area contributed by atoms with Crippen molar-refractivity contribution in [3.63, 3.8) is 0 Å². The quantitative estimate of drug-likeness (QED) is 0.486. The third-order valence-electron chi connectivity index (χ3n) is 4.32. The van der Waals surface area contributed by atoms with Crippen LogP contribution in [0.3, 0.4) is 0 Å². The van der Waals surface area contributed by atoms with E-state index >= 15 is 0 Å². The van der Waals surface area contributed by atoms with E-state index in [1.807, 2.05) is 13.0 Å². The highest BCUT2D eigenvalue weighted by atomic mass is 35.5. The average molecular weight is 388 g/mol. The standard InChI is InChI=1S/C19H22ClN5O2/c1-4-22-19(27)24-12-5-6-15(20)13(8-12)14-7-11-10-23-17(21-2)9-16(11)25(3)18(14)26/h5-10,19,22,24,27H,4H2,1-3H3,(H,21,23). The van der Waals surface area contributed by atoms with Crippen LogP contribution in [0.4, 0.5) is 11.5 Å². The van der Waals surface area contributed by atoms with Gasteiger partial charge in [0.1, 0.15) is 5.82 Å². The van der Waals surface area contributed by atoms with Crippen molar-refractivity contribution in [2.24, 2.45) is 7.05 Å². The molecule has 0 amide bonds. The Bertz CT molecular complexity index is 1030. The summed E-state index contributed by atoms with van der Waals surface area (Å²) in [5, 5.41) is 19.9. The Morgan fingerprint density at radius 3 is 2.74 bits per heavy atom. The van der Waals surface area contributed by atoms with E-state index in [0.29, 0.717) is 34.2 Å². The second-order valence-corrected chi connectivity index (χ2v) is 6.51. The van der Waals surface area contributed by atoms with Crippen LogP contribution in [0.5, 0.6) is 0 Å². The molecule has 0 saturated heterocycles. The van der Waals surface area contributed by atoms with Crippen molar-refractivity contribution in [2.75, 3.05) is 24.2 Å². The molecule has 1 unspecified atom stereocenters. The molecule has 8 heteroatoms. The molecule has 0 aliphatic rings. The van der Waals surface area contributed by atoms with Gasteiger partial charge in [0, 0.05) is 53.6 Å². The summed E-state index contributed by atoms with van der Waals surface area (Å²) >= 11 is 6.37. The molecule has 7 nitrogen and oxygen atoms in total. The van der Waals surface area contributed by atoms with Gasteiger partial charge in [0.05, 0.1) is 5.52 Å². The van der Waals surface area contributed by atoms with E-state index in [4.69, 9.17) is 11.6 Å². The number of nitrogens with zero attached hydrogens (tertiary/aromatic N) is 2. The lowest BCUT2D eigenvalue weighted by Crippen LogP contribution is -2.35. The molecule has 1 aromatic carbocycles. The van der Waals surface area contributed by atoms with Crippen molar-refractivity contribution < 1.29 is 5.11 Å². The van der Waals surface area contributed by atoms with Gasteiger partial charge in [0.15, 0.2) is 6.35 Å². The molecule has 0 aliphatic heterocycles. The highest BCUT2D eigenvalue weighted by Crippen LogP contribution is 2.30. The molecule has 2 aromatic heterocycles. The second kappa shape index (κ2) is 7.96. The molecule has 27 heavy (non-hydrogen) atoms. The molecule has 3 rings (SSSR count). The summed E-state index contributed by atoms with van der Waals surface area (Å²) in [5.41, 5.74) is 2.31. The van der Waals surface area contributed by atoms with Gasteiger partial charge >= 0.3 is 0 Å². The number of aliphatic hydroxyl groups excluding tert-OH is 1. The first-order valence-electron chi connectivity index (χ1n) is 8.60. The molecule has 142 valence electrons. The first-order valence-corrected chi connectivity index (χ1v) is 8.97. The number of fused-ring (bicyclic) bond motifs is 1. The zero-order valence-electron chi connectivity index (χ0n) is 15.4. The number of hydrogen-bond acceptors (Lipinski definition) is 6. The van der Waals surface area contributed by atoms with Crippen LogP contribution in [0.15, 0.2) is 41.3 Å². The average Bonchev–Trinajstić information content (AvgIpc) is 2.66. The minimum Gasteiger partial charge on any atom is -0.373 e. The van der Waals surface area contributed by atoms with Gasteiger partial charge in [-0.2, -0.15) is 0 Å². The number of aromatic nitrogens is 2. The van der Waals surface area contributed by atoms with Gasteiger partial charge in [0.25, 0.3) is 5.56 Å². The minimum atomic E-state index is -0.896. The fourth-order valence-corrected chi connectivity index (χ4v) is 3.14. The molecule has 2 heterocycles. The maximum absolute atomic E-state index is 13.0. The Morgan fingerprint density at radius 1 is 1.26 bits per heavy atom. The normalized spacial score (nSPS) is 12.2. The number of aryl methyl sites for hydroxylation is 1. The van der Waals surface area contributed by atoms with E-state index in [0.717, 1.165) is 10.9 Å². The fraction of sp³-hybridized carbons (Fsp3) is 0.263. The Hall–Kier alpha value is -2.61. The number of nitrogens with one attached hydrogen (secondary N) is 3. The van der Waals surface area contributed by atoms with E-state index in [1.165, 1.54) is 0 Å². The molecule has 0 fully saturated rings. The number of halogens is 1. The fourth-order valence-electron chi connectivity index (χ4n) is 2.92. The summed E-state index contributed by atoms with van der Waals surface area (Å²) in [6.45, 7) is 2.51. The van der Waals surface area contributed by atoms with Crippen LogP contribution in [0, 0.1) is 0 Å². The van der Waals surface area contributed by atoms with Crippen molar-refractivity contribution in [2.45, 2.75) is 13.3 Å². The largest absolute Gasteiger partial charge is 0.373 e. The molecular formula is C19H22ClN5O2. The zero-order valence-corrected chi connectivity index (χ0v) is 16.1. The Balaban J connectivity index is 2.12. The summed E-state index contributed by atoms with van der Waals surface area (Å²) in [6, 6.07) is 8.81. The van der Waals surface area contributed by atoms with Crippen LogP contribution < -0.4 is 21.5 Å². The van der Waals surface area contributed by atoms with Gasteiger partial charge in [-0.05, 0) is 30.8 Å². The van der Waals surface area contributed by atoms with Crippen molar-refractivity contribution >= 4 is 34.0 Å². The van der Waals surface area contributed by atoms with E-state index in [2.05, 4.69) is 20.9 Å². The molecule has 0 saturated carbocycles. The third kappa shape index (κ3) is 3.90. The second-order valence-electron chi connectivity index (χ2n) is 6.10. The molecule has 3 aromatic rings. The maximum Gasteiger partial charge on any atom is 0.258 e. The highest BCUT2D eigenvalue weighted by Gasteiger charge is 2.14. The van der Waals surface area contributed by atoms with Gasteiger partial charge in [-0.1, -0.05) is 18.5 Å². The molecule has 0 aliphatic carbocycles. The third-order valence-corrected chi connectivity index (χ3v) is 4.65. The molecule has 4 N–H and O–H groups in total. The van der Waals surface area contributed by atoms with E-state index in [9.17, 15) is 9.90 Å². The molecule has 0 bridgehead atoms. The van der Waals surface area contributed by atoms with Gasteiger partial charge in [0.2, 0.25) is 0 Å². The van der Waals surface area contributed by atoms with E-state index in [-0.39, 0.29) is 5.56 Å². The first-order chi connectivity index (χ1) is 12.9. The number of aliphatic hydroxyl groups is 1. The summed E-state index contributed by atoms with van der Waals surface area (Å²) in [6.07, 6.45) is 0.822. The van der Waals surface area contributed by atoms with Crippen molar-refractivity contribution in [1.29, 1.82) is 0 Å². The van der Waals surface area contributed by atoms with Crippen molar-refractivity contribution in [3.05, 3.63) is 51.9 Å². The van der Waals surface area contributed by atoms with Crippen LogP contribution in [0.2, 0.25) is 5.02 Å². The maximum atomic E-state index is 13.0. The van der Waals surface area contributed by atoms with Crippen LogP contribution in [0.25, 0.3) is 22.0 Å². The Morgan fingerprint density at radius 2 is 2.04 bits per heavy atom. The molecule has 1 atom stereocenters. The SMILES string of the molecule is CCNC(O)Nc1ccc(Cl)c(-c2cc3cnc(NC)cc3n(C)c2=O)c1. The molecule has 0 radical (unpaired) electrons. The summed E-state index contributed by atoms with van der Waals surface area (Å²) < 4.78 is 1.58. The van der Waals surface area contributed by atoms with Crippen LogP contribution >= 0.6 is 11.6 Å². The van der Waals surface area contributed by atoms with Gasteiger partial charge in [-0.15, -0.1) is 0 Å². The van der Waals surface area contributed by atoms with Gasteiger partial charge < -0.3 is 20.3 Å². The lowest BCUT2D eigenvalue weighted by molar-refractivity contribution is 0.168. The minimum absolute atomic E-state index is 0.165. The lowest BCUT2D eigenvalue weighted by atomic mass is 10.0. The number of rotatable bonds is 6. The first kappa shape index (κ1) is 19.2. The predicted molar refractivity (Wildman–Crippen MR) is 110 cm³/mol.